The van der Waals surface area contributed by atoms with Crippen LogP contribution in [0.5, 0.6) is 0 Å². The van der Waals surface area contributed by atoms with Crippen molar-refractivity contribution in [3.8, 4) is 0 Å². The minimum Gasteiger partial charge on any atom is -0.383 e. The summed E-state index contributed by atoms with van der Waals surface area (Å²) in [5.41, 5.74) is 5.80. The molecule has 1 rings (SSSR count). The second-order valence-corrected chi connectivity index (χ2v) is 4.09. The van der Waals surface area contributed by atoms with Crippen molar-refractivity contribution in [3.63, 3.8) is 0 Å². The molecular formula is C9H10BrClN2O. The molecule has 76 valence electrons. The van der Waals surface area contributed by atoms with Crippen LogP contribution in [-0.2, 0) is 4.79 Å². The van der Waals surface area contributed by atoms with Gasteiger partial charge in [-0.2, -0.15) is 0 Å². The molecule has 1 aromatic rings. The summed E-state index contributed by atoms with van der Waals surface area (Å²) in [4.78, 5) is 10.5. The maximum atomic E-state index is 10.5. The van der Waals surface area contributed by atoms with Crippen molar-refractivity contribution >= 4 is 39.1 Å². The Bertz CT molecular complexity index is 344. The molecule has 0 radical (unpaired) electrons. The molecule has 1 aromatic carbocycles. The standard InChI is InChI=1S/C9H10BrClN2O/c10-6-1-2-8(7(11)5-6)13-4-3-9(12)14/h1-2,5,13H,3-4H2,(H2,12,14). The third-order valence-corrected chi connectivity index (χ3v) is 2.42. The van der Waals surface area contributed by atoms with Crippen molar-refractivity contribution in [2.45, 2.75) is 6.42 Å². The number of amides is 1. The van der Waals surface area contributed by atoms with Crippen LogP contribution in [0.3, 0.4) is 0 Å². The number of primary amides is 1. The zero-order valence-corrected chi connectivity index (χ0v) is 9.73. The zero-order valence-electron chi connectivity index (χ0n) is 7.39. The smallest absolute Gasteiger partial charge is 0.219 e. The molecule has 3 N–H and O–H groups in total. The van der Waals surface area contributed by atoms with E-state index in [1.807, 2.05) is 12.1 Å². The normalized spacial score (nSPS) is 9.86. The van der Waals surface area contributed by atoms with Gasteiger partial charge in [-0.3, -0.25) is 4.79 Å². The molecule has 3 nitrogen and oxygen atoms in total. The van der Waals surface area contributed by atoms with Crippen LogP contribution >= 0.6 is 27.5 Å². The van der Waals surface area contributed by atoms with Gasteiger partial charge >= 0.3 is 0 Å². The zero-order chi connectivity index (χ0) is 10.6. The Hall–Kier alpha value is -0.740. The van der Waals surface area contributed by atoms with Gasteiger partial charge in [0, 0.05) is 17.4 Å². The van der Waals surface area contributed by atoms with Crippen LogP contribution in [0.15, 0.2) is 22.7 Å². The summed E-state index contributed by atoms with van der Waals surface area (Å²) in [5.74, 6) is -0.328. The van der Waals surface area contributed by atoms with Gasteiger partial charge in [0.2, 0.25) is 5.91 Å². The van der Waals surface area contributed by atoms with E-state index >= 15 is 0 Å². The number of halogens is 2. The number of carbonyl (C=O) groups is 1. The van der Waals surface area contributed by atoms with Crippen molar-refractivity contribution in [1.82, 2.24) is 0 Å². The fourth-order valence-corrected chi connectivity index (χ4v) is 1.69. The largest absolute Gasteiger partial charge is 0.383 e. The second-order valence-electron chi connectivity index (χ2n) is 2.77. The molecular weight excluding hydrogens is 267 g/mol. The molecule has 0 aliphatic rings. The molecule has 0 unspecified atom stereocenters. The van der Waals surface area contributed by atoms with E-state index in [0.29, 0.717) is 18.0 Å². The molecule has 5 heteroatoms. The summed E-state index contributed by atoms with van der Waals surface area (Å²) in [7, 11) is 0. The molecule has 0 aliphatic heterocycles. The number of nitrogens with two attached hydrogens (primary N) is 1. The maximum Gasteiger partial charge on any atom is 0.219 e. The molecule has 1 amide bonds. The van der Waals surface area contributed by atoms with E-state index in [9.17, 15) is 4.79 Å². The fourth-order valence-electron chi connectivity index (χ4n) is 0.953. The Morgan fingerprint density at radius 1 is 1.57 bits per heavy atom. The first-order valence-electron chi connectivity index (χ1n) is 4.07. The molecule has 14 heavy (non-hydrogen) atoms. The van der Waals surface area contributed by atoms with Gasteiger partial charge in [0.05, 0.1) is 10.7 Å². The highest BCUT2D eigenvalue weighted by molar-refractivity contribution is 9.10. The van der Waals surface area contributed by atoms with Gasteiger partial charge in [0.15, 0.2) is 0 Å². The van der Waals surface area contributed by atoms with Crippen LogP contribution in [0.4, 0.5) is 5.69 Å². The number of hydrogen-bond donors (Lipinski definition) is 2. The molecule has 0 aromatic heterocycles. The van der Waals surface area contributed by atoms with Gasteiger partial charge in [-0.1, -0.05) is 27.5 Å². The molecule has 0 heterocycles. The van der Waals surface area contributed by atoms with Crippen molar-refractivity contribution in [2.24, 2.45) is 5.73 Å². The highest BCUT2D eigenvalue weighted by Crippen LogP contribution is 2.25. The van der Waals surface area contributed by atoms with Gasteiger partial charge in [-0.15, -0.1) is 0 Å². The monoisotopic (exact) mass is 276 g/mol. The van der Waals surface area contributed by atoms with Crippen LogP contribution < -0.4 is 11.1 Å². The average molecular weight is 278 g/mol. The lowest BCUT2D eigenvalue weighted by molar-refractivity contribution is -0.117. The molecule has 0 saturated heterocycles. The first-order valence-corrected chi connectivity index (χ1v) is 5.24. The van der Waals surface area contributed by atoms with Crippen LogP contribution in [0, 0.1) is 0 Å². The lowest BCUT2D eigenvalue weighted by Gasteiger charge is -2.06. The SMILES string of the molecule is NC(=O)CCNc1ccc(Br)cc1Cl. The lowest BCUT2D eigenvalue weighted by Crippen LogP contribution is -2.15. The van der Waals surface area contributed by atoms with Gasteiger partial charge < -0.3 is 11.1 Å². The van der Waals surface area contributed by atoms with Crippen molar-refractivity contribution in [2.75, 3.05) is 11.9 Å². The quantitative estimate of drug-likeness (QED) is 0.888. The summed E-state index contributed by atoms with van der Waals surface area (Å²) < 4.78 is 0.919. The van der Waals surface area contributed by atoms with E-state index in [2.05, 4.69) is 21.2 Å². The number of rotatable bonds is 4. The fraction of sp³-hybridized carbons (Fsp3) is 0.222. The first kappa shape index (κ1) is 11.3. The van der Waals surface area contributed by atoms with Crippen LogP contribution in [-0.4, -0.2) is 12.5 Å². The number of nitrogens with one attached hydrogen (secondary N) is 1. The summed E-state index contributed by atoms with van der Waals surface area (Å²) in [6.07, 6.45) is 0.298. The van der Waals surface area contributed by atoms with Crippen molar-refractivity contribution in [3.05, 3.63) is 27.7 Å². The van der Waals surface area contributed by atoms with Gasteiger partial charge in [-0.25, -0.2) is 0 Å². The Balaban J connectivity index is 2.55. The van der Waals surface area contributed by atoms with Crippen LogP contribution in [0.1, 0.15) is 6.42 Å². The van der Waals surface area contributed by atoms with E-state index in [1.54, 1.807) is 6.07 Å². The Morgan fingerprint density at radius 2 is 2.29 bits per heavy atom. The minimum absolute atomic E-state index is 0.298. The number of carbonyl (C=O) groups excluding carboxylic acids is 1. The highest BCUT2D eigenvalue weighted by atomic mass is 79.9. The predicted molar refractivity (Wildman–Crippen MR) is 61.5 cm³/mol. The Labute approximate surface area is 95.7 Å². The topological polar surface area (TPSA) is 55.1 Å². The van der Waals surface area contributed by atoms with E-state index in [4.69, 9.17) is 17.3 Å². The molecule has 0 spiro atoms. The summed E-state index contributed by atoms with van der Waals surface area (Å²) in [5, 5.41) is 3.63. The molecule has 0 saturated carbocycles. The van der Waals surface area contributed by atoms with E-state index in [-0.39, 0.29) is 5.91 Å². The summed E-state index contributed by atoms with van der Waals surface area (Å²) in [6.45, 7) is 0.497. The Kier molecular flexibility index (Phi) is 4.22. The maximum absolute atomic E-state index is 10.5. The van der Waals surface area contributed by atoms with Crippen molar-refractivity contribution < 1.29 is 4.79 Å². The summed E-state index contributed by atoms with van der Waals surface area (Å²) >= 11 is 9.24. The highest BCUT2D eigenvalue weighted by Gasteiger charge is 2.00. The second kappa shape index (κ2) is 5.22. The first-order chi connectivity index (χ1) is 6.59. The van der Waals surface area contributed by atoms with Crippen LogP contribution in [0.2, 0.25) is 5.02 Å². The third kappa shape index (κ3) is 3.55. The summed E-state index contributed by atoms with van der Waals surface area (Å²) in [6, 6.07) is 5.50. The predicted octanol–water partition coefficient (Wildman–Crippen LogP) is 2.39. The van der Waals surface area contributed by atoms with Crippen LogP contribution in [0.25, 0.3) is 0 Å². The molecule has 0 atom stereocenters. The molecule has 0 bridgehead atoms. The molecule has 0 fully saturated rings. The van der Waals surface area contributed by atoms with E-state index in [0.717, 1.165) is 10.2 Å². The minimum atomic E-state index is -0.328. The van der Waals surface area contributed by atoms with E-state index < -0.39 is 0 Å². The number of hydrogen-bond acceptors (Lipinski definition) is 2. The third-order valence-electron chi connectivity index (χ3n) is 1.62. The van der Waals surface area contributed by atoms with Gasteiger partial charge in [-0.05, 0) is 18.2 Å². The Morgan fingerprint density at radius 3 is 2.86 bits per heavy atom. The lowest BCUT2D eigenvalue weighted by atomic mass is 10.3. The van der Waals surface area contributed by atoms with Gasteiger partial charge in [0.1, 0.15) is 0 Å². The van der Waals surface area contributed by atoms with Crippen molar-refractivity contribution in [1.29, 1.82) is 0 Å². The number of benzene rings is 1. The van der Waals surface area contributed by atoms with Gasteiger partial charge in [0.25, 0.3) is 0 Å². The molecule has 0 aliphatic carbocycles. The average Bonchev–Trinajstić information content (AvgIpc) is 2.08. The number of anilines is 1. The van der Waals surface area contributed by atoms with E-state index in [1.165, 1.54) is 0 Å².